The Kier molecular flexibility index (Phi) is 4.41. The van der Waals surface area contributed by atoms with Crippen molar-refractivity contribution in [1.29, 1.82) is 0 Å². The van der Waals surface area contributed by atoms with Crippen LogP contribution in [0.2, 0.25) is 0 Å². The van der Waals surface area contributed by atoms with Crippen molar-refractivity contribution in [2.24, 2.45) is 5.73 Å². The predicted molar refractivity (Wildman–Crippen MR) is 69.7 cm³/mol. The Morgan fingerprint density at radius 1 is 0.938 bits per heavy atom. The van der Waals surface area contributed by atoms with Crippen LogP contribution in [0.15, 0.2) is 18.2 Å². The van der Waals surface area contributed by atoms with Crippen molar-refractivity contribution < 1.29 is 0 Å². The third-order valence-corrected chi connectivity index (χ3v) is 3.58. The van der Waals surface area contributed by atoms with Gasteiger partial charge in [0.15, 0.2) is 0 Å². The maximum Gasteiger partial charge on any atom is -0.00772 e. The zero-order valence-electron chi connectivity index (χ0n) is 10.2. The van der Waals surface area contributed by atoms with E-state index in [1.165, 1.54) is 50.5 Å². The maximum atomic E-state index is 5.52. The molecule has 0 atom stereocenters. The molecule has 0 radical (unpaired) electrons. The van der Waals surface area contributed by atoms with Gasteiger partial charge in [-0.1, -0.05) is 24.6 Å². The van der Waals surface area contributed by atoms with Gasteiger partial charge in [-0.15, -0.1) is 0 Å². The van der Waals surface area contributed by atoms with E-state index >= 15 is 0 Å². The number of benzene rings is 1. The van der Waals surface area contributed by atoms with Crippen LogP contribution in [-0.2, 0) is 19.3 Å². The fraction of sp³-hybridized carbons (Fsp3) is 0.600. The average molecular weight is 217 g/mol. The molecule has 0 saturated heterocycles. The molecule has 1 heteroatoms. The molecule has 88 valence electrons. The van der Waals surface area contributed by atoms with Gasteiger partial charge in [0, 0.05) is 0 Å². The molecule has 0 amide bonds. The second kappa shape index (κ2) is 6.05. The molecular weight excluding hydrogens is 194 g/mol. The lowest BCUT2D eigenvalue weighted by Crippen LogP contribution is -1.99. The van der Waals surface area contributed by atoms with Gasteiger partial charge in [0.1, 0.15) is 0 Å². The molecule has 0 fully saturated rings. The largest absolute Gasteiger partial charge is 0.330 e. The molecule has 1 nitrogen and oxygen atoms in total. The summed E-state index contributed by atoms with van der Waals surface area (Å²) in [5, 5.41) is 0. The van der Waals surface area contributed by atoms with Crippen molar-refractivity contribution >= 4 is 0 Å². The number of unbranched alkanes of at least 4 members (excludes halogenated alkanes) is 1. The summed E-state index contributed by atoms with van der Waals surface area (Å²) in [5.74, 6) is 0. The Morgan fingerprint density at radius 3 is 2.56 bits per heavy atom. The van der Waals surface area contributed by atoms with Gasteiger partial charge in [0.05, 0.1) is 0 Å². The first kappa shape index (κ1) is 11.7. The summed E-state index contributed by atoms with van der Waals surface area (Å²) in [6, 6.07) is 7.12. The molecule has 1 aliphatic carbocycles. The maximum absolute atomic E-state index is 5.52. The molecule has 1 aliphatic rings. The molecule has 0 unspecified atom stereocenters. The molecule has 1 aromatic carbocycles. The van der Waals surface area contributed by atoms with E-state index < -0.39 is 0 Å². The molecule has 0 aromatic heterocycles. The first-order valence-electron chi connectivity index (χ1n) is 6.71. The van der Waals surface area contributed by atoms with Gasteiger partial charge < -0.3 is 5.73 Å². The zero-order valence-corrected chi connectivity index (χ0v) is 10.2. The van der Waals surface area contributed by atoms with E-state index in [-0.39, 0.29) is 0 Å². The number of nitrogens with two attached hydrogens (primary N) is 1. The molecule has 0 bridgehead atoms. The van der Waals surface area contributed by atoms with E-state index in [4.69, 9.17) is 5.73 Å². The number of hydrogen-bond acceptors (Lipinski definition) is 1. The lowest BCUT2D eigenvalue weighted by atomic mass is 9.98. The van der Waals surface area contributed by atoms with Crippen molar-refractivity contribution in [1.82, 2.24) is 0 Å². The minimum absolute atomic E-state index is 0.824. The SMILES string of the molecule is NCCCCc1ccc2c(c1)CCCCC2. The molecule has 0 spiro atoms. The first-order valence-corrected chi connectivity index (χ1v) is 6.71. The molecule has 2 N–H and O–H groups in total. The summed E-state index contributed by atoms with van der Waals surface area (Å²) in [5.41, 5.74) is 10.2. The third-order valence-electron chi connectivity index (χ3n) is 3.58. The number of aryl methyl sites for hydroxylation is 3. The van der Waals surface area contributed by atoms with E-state index in [2.05, 4.69) is 18.2 Å². The van der Waals surface area contributed by atoms with Crippen molar-refractivity contribution in [2.45, 2.75) is 51.4 Å². The Balaban J connectivity index is 2.02. The summed E-state index contributed by atoms with van der Waals surface area (Å²) >= 11 is 0. The summed E-state index contributed by atoms with van der Waals surface area (Å²) in [4.78, 5) is 0. The molecule has 16 heavy (non-hydrogen) atoms. The highest BCUT2D eigenvalue weighted by Gasteiger charge is 2.08. The number of fused-ring (bicyclic) bond motifs is 1. The van der Waals surface area contributed by atoms with Gasteiger partial charge in [-0.25, -0.2) is 0 Å². The van der Waals surface area contributed by atoms with Crippen LogP contribution in [0, 0.1) is 0 Å². The molecule has 1 aromatic rings. The fourth-order valence-electron chi connectivity index (χ4n) is 2.59. The Hall–Kier alpha value is -0.820. The first-order chi connectivity index (χ1) is 7.90. The molecule has 0 saturated carbocycles. The van der Waals surface area contributed by atoms with Gasteiger partial charge >= 0.3 is 0 Å². The van der Waals surface area contributed by atoms with Gasteiger partial charge in [-0.2, -0.15) is 0 Å². The van der Waals surface area contributed by atoms with Crippen LogP contribution in [0.3, 0.4) is 0 Å². The average Bonchev–Trinajstić information content (AvgIpc) is 2.54. The number of rotatable bonds is 4. The number of hydrogen-bond donors (Lipinski definition) is 1. The summed E-state index contributed by atoms with van der Waals surface area (Å²) in [7, 11) is 0. The van der Waals surface area contributed by atoms with Gasteiger partial charge in [0.2, 0.25) is 0 Å². The van der Waals surface area contributed by atoms with Crippen LogP contribution >= 0.6 is 0 Å². The minimum Gasteiger partial charge on any atom is -0.330 e. The molecular formula is C15H23N. The van der Waals surface area contributed by atoms with Crippen molar-refractivity contribution in [3.63, 3.8) is 0 Å². The van der Waals surface area contributed by atoms with E-state index in [1.54, 1.807) is 11.1 Å². The normalized spacial score (nSPS) is 15.6. The van der Waals surface area contributed by atoms with Crippen molar-refractivity contribution in [3.05, 3.63) is 34.9 Å². The topological polar surface area (TPSA) is 26.0 Å². The Labute approximate surface area is 99.0 Å². The zero-order chi connectivity index (χ0) is 11.2. The monoisotopic (exact) mass is 217 g/mol. The quantitative estimate of drug-likeness (QED) is 0.608. The molecule has 0 aliphatic heterocycles. The smallest absolute Gasteiger partial charge is 0.00772 e. The third kappa shape index (κ3) is 3.08. The standard InChI is InChI=1S/C15H23N/c16-11-5-4-6-13-9-10-14-7-2-1-3-8-15(14)12-13/h9-10,12H,1-8,11,16H2. The van der Waals surface area contributed by atoms with Crippen LogP contribution in [-0.4, -0.2) is 6.54 Å². The van der Waals surface area contributed by atoms with Gasteiger partial charge in [-0.3, -0.25) is 0 Å². The Bertz CT molecular complexity index is 330. The fourth-order valence-corrected chi connectivity index (χ4v) is 2.59. The van der Waals surface area contributed by atoms with Crippen LogP contribution in [0.5, 0.6) is 0 Å². The summed E-state index contributed by atoms with van der Waals surface area (Å²) in [6.07, 6.45) is 10.3. The molecule has 2 rings (SSSR count). The Morgan fingerprint density at radius 2 is 1.75 bits per heavy atom. The van der Waals surface area contributed by atoms with Crippen LogP contribution in [0.4, 0.5) is 0 Å². The van der Waals surface area contributed by atoms with Crippen LogP contribution in [0.25, 0.3) is 0 Å². The summed E-state index contributed by atoms with van der Waals surface area (Å²) in [6.45, 7) is 0.824. The van der Waals surface area contributed by atoms with Gasteiger partial charge in [0.25, 0.3) is 0 Å². The highest BCUT2D eigenvalue weighted by atomic mass is 14.5. The van der Waals surface area contributed by atoms with E-state index in [0.717, 1.165) is 13.0 Å². The second-order valence-corrected chi connectivity index (χ2v) is 4.91. The lowest BCUT2D eigenvalue weighted by Gasteiger charge is -2.08. The van der Waals surface area contributed by atoms with E-state index in [0.29, 0.717) is 0 Å². The van der Waals surface area contributed by atoms with Crippen molar-refractivity contribution in [2.75, 3.05) is 6.54 Å². The summed E-state index contributed by atoms with van der Waals surface area (Å²) < 4.78 is 0. The van der Waals surface area contributed by atoms with Crippen molar-refractivity contribution in [3.8, 4) is 0 Å². The highest BCUT2D eigenvalue weighted by Crippen LogP contribution is 2.22. The van der Waals surface area contributed by atoms with Crippen LogP contribution in [0.1, 0.15) is 48.8 Å². The van der Waals surface area contributed by atoms with Gasteiger partial charge in [-0.05, 0) is 68.2 Å². The lowest BCUT2D eigenvalue weighted by molar-refractivity contribution is 0.711. The molecule has 0 heterocycles. The van der Waals surface area contributed by atoms with E-state index in [9.17, 15) is 0 Å². The second-order valence-electron chi connectivity index (χ2n) is 4.91. The van der Waals surface area contributed by atoms with Crippen LogP contribution < -0.4 is 5.73 Å². The highest BCUT2D eigenvalue weighted by molar-refractivity contribution is 5.33. The van der Waals surface area contributed by atoms with E-state index in [1.807, 2.05) is 0 Å². The minimum atomic E-state index is 0.824. The predicted octanol–water partition coefficient (Wildman–Crippen LogP) is 3.24.